The number of amides is 1. The zero-order valence-corrected chi connectivity index (χ0v) is 11.6. The van der Waals surface area contributed by atoms with Crippen LogP contribution in [0.5, 0.6) is 0 Å². The highest BCUT2D eigenvalue weighted by atomic mass is 19.1. The molecular weight excluding hydrogens is 277 g/mol. The molecule has 6 nitrogen and oxygen atoms in total. The molecule has 110 valence electrons. The summed E-state index contributed by atoms with van der Waals surface area (Å²) in [6, 6.07) is 4.41. The molecule has 0 fully saturated rings. The van der Waals surface area contributed by atoms with E-state index in [0.717, 1.165) is 0 Å². The summed E-state index contributed by atoms with van der Waals surface area (Å²) in [5.74, 6) is -0.520. The van der Waals surface area contributed by atoms with Crippen LogP contribution in [0.4, 0.5) is 9.18 Å². The second kappa shape index (κ2) is 6.17. The average Bonchev–Trinajstić information content (AvgIpc) is 2.85. The van der Waals surface area contributed by atoms with E-state index >= 15 is 0 Å². The van der Waals surface area contributed by atoms with Crippen molar-refractivity contribution in [3.8, 4) is 5.69 Å². The van der Waals surface area contributed by atoms with Gasteiger partial charge < -0.3 is 10.1 Å². The molecule has 21 heavy (non-hydrogen) atoms. The van der Waals surface area contributed by atoms with Crippen LogP contribution in [0, 0.1) is 12.7 Å². The summed E-state index contributed by atoms with van der Waals surface area (Å²) < 4.78 is 20.3. The van der Waals surface area contributed by atoms with Crippen LogP contribution in [0.25, 0.3) is 5.69 Å². The second-order valence-corrected chi connectivity index (χ2v) is 4.31. The lowest BCUT2D eigenvalue weighted by Crippen LogP contribution is -2.19. The molecule has 0 bridgehead atoms. The van der Waals surface area contributed by atoms with E-state index in [4.69, 9.17) is 4.74 Å². The predicted molar refractivity (Wildman–Crippen MR) is 72.9 cm³/mol. The van der Waals surface area contributed by atoms with Crippen molar-refractivity contribution in [1.82, 2.24) is 15.1 Å². The van der Waals surface area contributed by atoms with Gasteiger partial charge in [0.05, 0.1) is 11.3 Å². The van der Waals surface area contributed by atoms with Crippen LogP contribution in [0.15, 0.2) is 24.4 Å². The van der Waals surface area contributed by atoms with E-state index in [9.17, 15) is 14.0 Å². The second-order valence-electron chi connectivity index (χ2n) is 4.31. The zero-order valence-electron chi connectivity index (χ0n) is 11.6. The molecule has 0 aliphatic carbocycles. The maximum Gasteiger partial charge on any atom is 0.407 e. The molecule has 1 amide bonds. The average molecular weight is 291 g/mol. The van der Waals surface area contributed by atoms with Crippen LogP contribution >= 0.6 is 0 Å². The third-order valence-corrected chi connectivity index (χ3v) is 2.93. The Morgan fingerprint density at radius 3 is 2.90 bits per heavy atom. The number of ether oxygens (including phenoxy) is 1. The van der Waals surface area contributed by atoms with Gasteiger partial charge in [0.25, 0.3) is 0 Å². The van der Waals surface area contributed by atoms with Crippen molar-refractivity contribution in [3.05, 3.63) is 47.0 Å². The highest BCUT2D eigenvalue weighted by Crippen LogP contribution is 2.20. The monoisotopic (exact) mass is 291 g/mol. The Labute approximate surface area is 120 Å². The number of hydrogen-bond acceptors (Lipinski definition) is 4. The minimum atomic E-state index is -0.615. The topological polar surface area (TPSA) is 73.2 Å². The standard InChI is InChI=1S/C14H14FN3O3/c1-9-11(7-19)6-18(17-9)13-10(4-3-5-12(13)15)8-21-14(20)16-2/h3-7H,8H2,1-2H3,(H,16,20). The molecule has 1 aromatic carbocycles. The number of aromatic nitrogens is 2. The van der Waals surface area contributed by atoms with Gasteiger partial charge >= 0.3 is 6.09 Å². The van der Waals surface area contributed by atoms with Gasteiger partial charge in [0.15, 0.2) is 6.29 Å². The quantitative estimate of drug-likeness (QED) is 0.874. The van der Waals surface area contributed by atoms with Crippen LogP contribution < -0.4 is 5.32 Å². The summed E-state index contributed by atoms with van der Waals surface area (Å²) in [6.45, 7) is 1.55. The molecule has 2 rings (SSSR count). The van der Waals surface area contributed by atoms with Gasteiger partial charge in [-0.25, -0.2) is 13.9 Å². The van der Waals surface area contributed by atoms with Crippen LogP contribution in [0.3, 0.4) is 0 Å². The summed E-state index contributed by atoms with van der Waals surface area (Å²) in [5, 5.41) is 6.42. The third-order valence-electron chi connectivity index (χ3n) is 2.93. The molecule has 0 saturated heterocycles. The smallest absolute Gasteiger partial charge is 0.407 e. The first-order valence-electron chi connectivity index (χ1n) is 6.20. The van der Waals surface area contributed by atoms with E-state index in [-0.39, 0.29) is 12.3 Å². The first-order valence-corrected chi connectivity index (χ1v) is 6.20. The summed E-state index contributed by atoms with van der Waals surface area (Å²) >= 11 is 0. The van der Waals surface area contributed by atoms with Crippen molar-refractivity contribution in [3.63, 3.8) is 0 Å². The Balaban J connectivity index is 2.41. The number of benzene rings is 1. The maximum absolute atomic E-state index is 14.1. The largest absolute Gasteiger partial charge is 0.445 e. The molecule has 0 spiro atoms. The van der Waals surface area contributed by atoms with Crippen LogP contribution in [-0.2, 0) is 11.3 Å². The van der Waals surface area contributed by atoms with Gasteiger partial charge in [0, 0.05) is 18.8 Å². The number of nitrogens with zero attached hydrogens (tertiary/aromatic N) is 2. The zero-order chi connectivity index (χ0) is 15.4. The number of nitrogens with one attached hydrogen (secondary N) is 1. The van der Waals surface area contributed by atoms with E-state index in [1.807, 2.05) is 0 Å². The fourth-order valence-corrected chi connectivity index (χ4v) is 1.85. The van der Waals surface area contributed by atoms with E-state index in [0.29, 0.717) is 23.1 Å². The first-order chi connectivity index (χ1) is 10.1. The normalized spacial score (nSPS) is 10.2. The van der Waals surface area contributed by atoms with Crippen molar-refractivity contribution in [2.75, 3.05) is 7.05 Å². The van der Waals surface area contributed by atoms with Gasteiger partial charge in [0.2, 0.25) is 0 Å². The van der Waals surface area contributed by atoms with Crippen LogP contribution in [0.2, 0.25) is 0 Å². The minimum Gasteiger partial charge on any atom is -0.445 e. The minimum absolute atomic E-state index is 0.109. The predicted octanol–water partition coefficient (Wildman–Crippen LogP) is 1.99. The van der Waals surface area contributed by atoms with Crippen molar-refractivity contribution in [2.24, 2.45) is 0 Å². The lowest BCUT2D eigenvalue weighted by molar-refractivity contribution is 0.112. The molecule has 1 heterocycles. The number of alkyl carbamates (subject to hydrolysis) is 1. The number of carbonyl (C=O) groups is 2. The number of aryl methyl sites for hydroxylation is 1. The molecule has 0 saturated carbocycles. The summed E-state index contributed by atoms with van der Waals surface area (Å²) in [7, 11) is 1.43. The summed E-state index contributed by atoms with van der Waals surface area (Å²) in [6.07, 6.45) is 1.47. The molecule has 0 aliphatic rings. The van der Waals surface area contributed by atoms with Gasteiger partial charge in [-0.05, 0) is 13.0 Å². The maximum atomic E-state index is 14.1. The fourth-order valence-electron chi connectivity index (χ4n) is 1.85. The lowest BCUT2D eigenvalue weighted by atomic mass is 10.2. The molecular formula is C14H14FN3O3. The Hall–Kier alpha value is -2.70. The number of carbonyl (C=O) groups excluding carboxylic acids is 2. The molecule has 0 atom stereocenters. The van der Waals surface area contributed by atoms with Crippen molar-refractivity contribution in [2.45, 2.75) is 13.5 Å². The molecule has 0 unspecified atom stereocenters. The first kappa shape index (κ1) is 14.7. The van der Waals surface area contributed by atoms with Crippen molar-refractivity contribution < 1.29 is 18.7 Å². The molecule has 1 aromatic heterocycles. The molecule has 7 heteroatoms. The number of para-hydroxylation sites is 1. The molecule has 2 aromatic rings. The number of hydrogen-bond donors (Lipinski definition) is 1. The van der Waals surface area contributed by atoms with Gasteiger partial charge in [-0.2, -0.15) is 5.10 Å². The van der Waals surface area contributed by atoms with Crippen molar-refractivity contribution in [1.29, 1.82) is 0 Å². The third kappa shape index (κ3) is 3.07. The Bertz CT molecular complexity index is 682. The van der Waals surface area contributed by atoms with Gasteiger partial charge in [0.1, 0.15) is 18.1 Å². The summed E-state index contributed by atoms with van der Waals surface area (Å²) in [4.78, 5) is 22.0. The SMILES string of the molecule is CNC(=O)OCc1cccc(F)c1-n1cc(C=O)c(C)n1. The summed E-state index contributed by atoms with van der Waals surface area (Å²) in [5.41, 5.74) is 1.46. The number of rotatable bonds is 4. The van der Waals surface area contributed by atoms with Gasteiger partial charge in [-0.3, -0.25) is 4.79 Å². The Morgan fingerprint density at radius 2 is 2.29 bits per heavy atom. The number of aldehydes is 1. The van der Waals surface area contributed by atoms with Gasteiger partial charge in [-0.15, -0.1) is 0 Å². The Kier molecular flexibility index (Phi) is 4.32. The van der Waals surface area contributed by atoms with E-state index in [1.54, 1.807) is 13.0 Å². The Morgan fingerprint density at radius 1 is 1.52 bits per heavy atom. The lowest BCUT2D eigenvalue weighted by Gasteiger charge is -2.11. The van der Waals surface area contributed by atoms with Gasteiger partial charge in [-0.1, -0.05) is 12.1 Å². The highest BCUT2D eigenvalue weighted by Gasteiger charge is 2.15. The number of halogens is 1. The molecule has 1 N–H and O–H groups in total. The van der Waals surface area contributed by atoms with E-state index in [2.05, 4.69) is 10.4 Å². The molecule has 0 aliphatic heterocycles. The molecule has 0 radical (unpaired) electrons. The van der Waals surface area contributed by atoms with Crippen LogP contribution in [-0.4, -0.2) is 29.2 Å². The fraction of sp³-hybridized carbons (Fsp3) is 0.214. The van der Waals surface area contributed by atoms with E-state index < -0.39 is 11.9 Å². The van der Waals surface area contributed by atoms with E-state index in [1.165, 1.54) is 30.1 Å². The highest BCUT2D eigenvalue weighted by molar-refractivity contribution is 5.76. The van der Waals surface area contributed by atoms with Crippen molar-refractivity contribution >= 4 is 12.4 Å². The van der Waals surface area contributed by atoms with Crippen LogP contribution in [0.1, 0.15) is 21.6 Å².